The number of esters is 1. The lowest BCUT2D eigenvalue weighted by Gasteiger charge is -2.23. The first-order valence-electron chi connectivity index (χ1n) is 7.60. The molecule has 0 spiro atoms. The fraction of sp³-hybridized carbons (Fsp3) is 0.333. The quantitative estimate of drug-likeness (QED) is 0.830. The number of nitrogens with two attached hydrogens (primary N) is 1. The van der Waals surface area contributed by atoms with Crippen LogP contribution in [-0.4, -0.2) is 24.1 Å². The fourth-order valence-corrected chi connectivity index (χ4v) is 2.24. The predicted molar refractivity (Wildman–Crippen MR) is 88.4 cm³/mol. The molecule has 0 radical (unpaired) electrons. The number of ether oxygens (including phenoxy) is 2. The summed E-state index contributed by atoms with van der Waals surface area (Å²) >= 11 is 0. The van der Waals surface area contributed by atoms with Crippen molar-refractivity contribution in [3.63, 3.8) is 0 Å². The van der Waals surface area contributed by atoms with Gasteiger partial charge in [0.15, 0.2) is 0 Å². The third-order valence-corrected chi connectivity index (χ3v) is 3.59. The van der Waals surface area contributed by atoms with E-state index in [4.69, 9.17) is 10.5 Å². The van der Waals surface area contributed by atoms with Gasteiger partial charge in [-0.2, -0.15) is 0 Å². The van der Waals surface area contributed by atoms with Gasteiger partial charge in [-0.05, 0) is 36.6 Å². The largest absolute Gasteiger partial charge is 0.482 e. The van der Waals surface area contributed by atoms with Gasteiger partial charge in [-0.15, -0.1) is 0 Å². The minimum Gasteiger partial charge on any atom is -0.482 e. The van der Waals surface area contributed by atoms with E-state index in [1.165, 1.54) is 18.9 Å². The average Bonchev–Trinajstić information content (AvgIpc) is 2.59. The molecule has 0 amide bonds. The molecule has 1 aromatic heterocycles. The molecule has 0 fully saturated rings. The Morgan fingerprint density at radius 3 is 2.39 bits per heavy atom. The molecule has 2 N–H and O–H groups in total. The van der Waals surface area contributed by atoms with Crippen molar-refractivity contribution in [1.82, 2.24) is 4.98 Å². The van der Waals surface area contributed by atoms with Crippen LogP contribution in [0.5, 0.6) is 5.75 Å². The fourth-order valence-electron chi connectivity index (χ4n) is 2.24. The number of carbonyl (C=O) groups excluding carboxylic acids is 1. The highest BCUT2D eigenvalue weighted by molar-refractivity contribution is 5.87. The Hall–Kier alpha value is -2.40. The predicted octanol–water partition coefficient (Wildman–Crippen LogP) is 2.90. The summed E-state index contributed by atoms with van der Waals surface area (Å²) < 4.78 is 10.6. The van der Waals surface area contributed by atoms with E-state index >= 15 is 0 Å². The molecule has 1 aromatic carbocycles. The van der Waals surface area contributed by atoms with E-state index in [2.05, 4.69) is 28.8 Å². The molecule has 23 heavy (non-hydrogen) atoms. The van der Waals surface area contributed by atoms with Gasteiger partial charge in [0, 0.05) is 6.04 Å². The Balaban J connectivity index is 2.17. The lowest BCUT2D eigenvalue weighted by Crippen LogP contribution is -2.29. The van der Waals surface area contributed by atoms with Crippen LogP contribution in [0.15, 0.2) is 42.6 Å². The number of aryl methyl sites for hydroxylation is 1. The number of pyridine rings is 1. The second kappa shape index (κ2) is 7.74. The van der Waals surface area contributed by atoms with Crippen LogP contribution in [-0.2, 0) is 11.2 Å². The first kappa shape index (κ1) is 17.0. The van der Waals surface area contributed by atoms with Crippen LogP contribution in [0, 0.1) is 0 Å². The van der Waals surface area contributed by atoms with E-state index in [9.17, 15) is 4.79 Å². The average molecular weight is 314 g/mol. The van der Waals surface area contributed by atoms with Gasteiger partial charge in [-0.3, -0.25) is 0 Å². The monoisotopic (exact) mass is 314 g/mol. The normalized spacial score (nSPS) is 13.2. The third kappa shape index (κ3) is 4.29. The van der Waals surface area contributed by atoms with Crippen LogP contribution in [0.1, 0.15) is 41.6 Å². The summed E-state index contributed by atoms with van der Waals surface area (Å²) in [6.45, 7) is 4.01. The number of carbonyl (C=O) groups is 1. The van der Waals surface area contributed by atoms with Crippen molar-refractivity contribution in [3.05, 3.63) is 59.4 Å². The minimum atomic E-state index is -0.476. The molecule has 2 aromatic rings. The van der Waals surface area contributed by atoms with Crippen LogP contribution in [0.25, 0.3) is 0 Å². The number of methoxy groups -OCH3 is 1. The molecule has 122 valence electrons. The molecule has 0 aliphatic rings. The van der Waals surface area contributed by atoms with Crippen molar-refractivity contribution >= 4 is 5.97 Å². The molecule has 5 heteroatoms. The van der Waals surface area contributed by atoms with E-state index in [1.807, 2.05) is 19.1 Å². The molecule has 0 saturated heterocycles. The lowest BCUT2D eigenvalue weighted by molar-refractivity contribution is 0.0594. The van der Waals surface area contributed by atoms with Gasteiger partial charge in [0.1, 0.15) is 17.5 Å². The number of nitrogens with zero attached hydrogens (tertiary/aromatic N) is 1. The summed E-state index contributed by atoms with van der Waals surface area (Å²) in [4.78, 5) is 15.4. The van der Waals surface area contributed by atoms with Gasteiger partial charge in [0.05, 0.1) is 13.3 Å². The maximum Gasteiger partial charge on any atom is 0.356 e. The van der Waals surface area contributed by atoms with Gasteiger partial charge < -0.3 is 15.2 Å². The zero-order valence-electron chi connectivity index (χ0n) is 13.7. The standard InChI is InChI=1S/C18H22N2O3/c1-4-13-5-7-14(8-6-13)17(12(2)19)23-15-9-10-16(20-11-15)18(21)22-3/h5-12,17H,4,19H2,1-3H3. The lowest BCUT2D eigenvalue weighted by atomic mass is 10.0. The SMILES string of the molecule is CCc1ccc(C(Oc2ccc(C(=O)OC)nc2)C(C)N)cc1. The van der Waals surface area contributed by atoms with Gasteiger partial charge in [0.2, 0.25) is 0 Å². The second-order valence-corrected chi connectivity index (χ2v) is 5.36. The molecule has 0 aliphatic heterocycles. The zero-order chi connectivity index (χ0) is 16.8. The highest BCUT2D eigenvalue weighted by Crippen LogP contribution is 2.24. The summed E-state index contributed by atoms with van der Waals surface area (Å²) in [6, 6.07) is 11.3. The number of rotatable bonds is 6. The van der Waals surface area contributed by atoms with Crippen molar-refractivity contribution in [2.75, 3.05) is 7.11 Å². The molecule has 5 nitrogen and oxygen atoms in total. The molecule has 2 rings (SSSR count). The van der Waals surface area contributed by atoms with E-state index in [0.717, 1.165) is 12.0 Å². The summed E-state index contributed by atoms with van der Waals surface area (Å²) in [5.74, 6) is 0.0787. The maximum absolute atomic E-state index is 11.4. The highest BCUT2D eigenvalue weighted by atomic mass is 16.5. The summed E-state index contributed by atoms with van der Waals surface area (Å²) in [5.41, 5.74) is 8.58. The summed E-state index contributed by atoms with van der Waals surface area (Å²) in [5, 5.41) is 0. The van der Waals surface area contributed by atoms with Crippen LogP contribution in [0.3, 0.4) is 0 Å². The van der Waals surface area contributed by atoms with E-state index in [0.29, 0.717) is 5.75 Å². The van der Waals surface area contributed by atoms with Crippen LogP contribution in [0.4, 0.5) is 0 Å². The van der Waals surface area contributed by atoms with Gasteiger partial charge in [-0.1, -0.05) is 31.2 Å². The second-order valence-electron chi connectivity index (χ2n) is 5.36. The first-order chi connectivity index (χ1) is 11.0. The number of aromatic nitrogens is 1. The van der Waals surface area contributed by atoms with Gasteiger partial charge in [-0.25, -0.2) is 9.78 Å². The van der Waals surface area contributed by atoms with E-state index < -0.39 is 5.97 Å². The molecule has 2 atom stereocenters. The van der Waals surface area contributed by atoms with Crippen LogP contribution in [0.2, 0.25) is 0 Å². The van der Waals surface area contributed by atoms with Crippen molar-refractivity contribution < 1.29 is 14.3 Å². The molecule has 0 saturated carbocycles. The molecule has 0 aliphatic carbocycles. The van der Waals surface area contributed by atoms with Crippen molar-refractivity contribution in [3.8, 4) is 5.75 Å². The molecular weight excluding hydrogens is 292 g/mol. The molecular formula is C18H22N2O3. The Bertz CT molecular complexity index is 636. The maximum atomic E-state index is 11.4. The first-order valence-corrected chi connectivity index (χ1v) is 7.60. The molecule has 0 bridgehead atoms. The summed E-state index contributed by atoms with van der Waals surface area (Å²) in [6.07, 6.45) is 2.21. The van der Waals surface area contributed by atoms with Crippen LogP contribution < -0.4 is 10.5 Å². The Morgan fingerprint density at radius 1 is 1.22 bits per heavy atom. The van der Waals surface area contributed by atoms with E-state index in [-0.39, 0.29) is 17.8 Å². The van der Waals surface area contributed by atoms with Crippen molar-refractivity contribution in [2.45, 2.75) is 32.4 Å². The Morgan fingerprint density at radius 2 is 1.91 bits per heavy atom. The zero-order valence-corrected chi connectivity index (χ0v) is 13.7. The number of benzene rings is 1. The summed E-state index contributed by atoms with van der Waals surface area (Å²) in [7, 11) is 1.32. The van der Waals surface area contributed by atoms with Crippen molar-refractivity contribution in [1.29, 1.82) is 0 Å². The van der Waals surface area contributed by atoms with E-state index in [1.54, 1.807) is 12.1 Å². The minimum absolute atomic E-state index is 0.192. The van der Waals surface area contributed by atoms with Crippen molar-refractivity contribution in [2.24, 2.45) is 5.73 Å². The smallest absolute Gasteiger partial charge is 0.356 e. The van der Waals surface area contributed by atoms with Gasteiger partial charge >= 0.3 is 5.97 Å². The number of hydrogen-bond acceptors (Lipinski definition) is 5. The third-order valence-electron chi connectivity index (χ3n) is 3.59. The van der Waals surface area contributed by atoms with Gasteiger partial charge in [0.25, 0.3) is 0 Å². The topological polar surface area (TPSA) is 74.4 Å². The Labute approximate surface area is 136 Å². The molecule has 1 heterocycles. The van der Waals surface area contributed by atoms with Crippen LogP contribution >= 0.6 is 0 Å². The number of hydrogen-bond donors (Lipinski definition) is 1. The molecule has 2 unspecified atom stereocenters. The Kier molecular flexibility index (Phi) is 5.71. The highest BCUT2D eigenvalue weighted by Gasteiger charge is 2.19.